The summed E-state index contributed by atoms with van der Waals surface area (Å²) >= 11 is 2.33. The minimum atomic E-state index is 0.783. The molecule has 0 fully saturated rings. The lowest BCUT2D eigenvalue weighted by Crippen LogP contribution is -2.00. The molecular weight excluding hydrogens is 249 g/mol. The smallest absolute Gasteiger partial charge is 0.0133 e. The summed E-state index contributed by atoms with van der Waals surface area (Å²) in [5.74, 6) is 0. The monoisotopic (exact) mass is 261 g/mol. The molecule has 0 atom stereocenters. The highest BCUT2D eigenvalue weighted by molar-refractivity contribution is 14.1. The van der Waals surface area contributed by atoms with Crippen LogP contribution in [0, 0.1) is 3.57 Å². The number of halogens is 1. The molecule has 0 saturated carbocycles. The highest BCUT2D eigenvalue weighted by Gasteiger charge is 1.91. The molecule has 0 saturated heterocycles. The van der Waals surface area contributed by atoms with Crippen molar-refractivity contribution in [1.82, 2.24) is 0 Å². The Hall–Kier alpha value is -0.0900. The van der Waals surface area contributed by atoms with Crippen LogP contribution in [0.1, 0.15) is 12.0 Å². The van der Waals surface area contributed by atoms with Gasteiger partial charge in [0.1, 0.15) is 0 Å². The number of aryl methyl sites for hydroxylation is 1. The molecule has 60 valence electrons. The maximum atomic E-state index is 5.41. The van der Waals surface area contributed by atoms with Gasteiger partial charge < -0.3 is 5.73 Å². The molecule has 0 amide bonds. The third kappa shape index (κ3) is 3.20. The zero-order valence-electron chi connectivity index (χ0n) is 6.39. The van der Waals surface area contributed by atoms with Gasteiger partial charge >= 0.3 is 0 Å². The topological polar surface area (TPSA) is 26.0 Å². The lowest BCUT2D eigenvalue weighted by Gasteiger charge is -1.98. The number of hydrogen-bond acceptors (Lipinski definition) is 1. The average molecular weight is 261 g/mol. The summed E-state index contributed by atoms with van der Waals surface area (Å²) in [6.45, 7) is 0.783. The molecule has 0 aromatic heterocycles. The molecule has 1 nitrogen and oxygen atoms in total. The van der Waals surface area contributed by atoms with Gasteiger partial charge in [-0.05, 0) is 59.7 Å². The van der Waals surface area contributed by atoms with E-state index in [0.717, 1.165) is 19.4 Å². The second-order valence-electron chi connectivity index (χ2n) is 2.52. The second kappa shape index (κ2) is 4.72. The number of benzene rings is 1. The van der Waals surface area contributed by atoms with E-state index in [1.54, 1.807) is 0 Å². The van der Waals surface area contributed by atoms with Crippen molar-refractivity contribution in [2.45, 2.75) is 12.8 Å². The molecule has 0 unspecified atom stereocenters. The first-order valence-electron chi connectivity index (χ1n) is 3.77. The normalized spacial score (nSPS) is 10.0. The molecular formula is C9H12IN. The molecule has 1 aromatic carbocycles. The van der Waals surface area contributed by atoms with Crippen molar-refractivity contribution in [2.24, 2.45) is 5.73 Å². The van der Waals surface area contributed by atoms with Gasteiger partial charge in [-0.3, -0.25) is 0 Å². The van der Waals surface area contributed by atoms with Gasteiger partial charge in [0, 0.05) is 3.57 Å². The Morgan fingerprint density at radius 2 is 2.18 bits per heavy atom. The molecule has 0 aliphatic rings. The summed E-state index contributed by atoms with van der Waals surface area (Å²) in [5.41, 5.74) is 6.80. The van der Waals surface area contributed by atoms with Crippen molar-refractivity contribution in [3.8, 4) is 0 Å². The molecule has 1 rings (SSSR count). The van der Waals surface area contributed by atoms with Crippen LogP contribution in [0.25, 0.3) is 0 Å². The SMILES string of the molecule is NCCCc1cccc(I)c1. The van der Waals surface area contributed by atoms with Crippen LogP contribution in [0.3, 0.4) is 0 Å². The van der Waals surface area contributed by atoms with Crippen LogP contribution in [0.15, 0.2) is 24.3 Å². The van der Waals surface area contributed by atoms with E-state index in [0.29, 0.717) is 0 Å². The predicted molar refractivity (Wildman–Crippen MR) is 56.5 cm³/mol. The zero-order valence-corrected chi connectivity index (χ0v) is 8.54. The van der Waals surface area contributed by atoms with Gasteiger partial charge in [-0.2, -0.15) is 0 Å². The van der Waals surface area contributed by atoms with Crippen LogP contribution in [0.2, 0.25) is 0 Å². The van der Waals surface area contributed by atoms with Crippen LogP contribution < -0.4 is 5.73 Å². The van der Waals surface area contributed by atoms with E-state index >= 15 is 0 Å². The van der Waals surface area contributed by atoms with Gasteiger partial charge in [0.05, 0.1) is 0 Å². The van der Waals surface area contributed by atoms with Gasteiger partial charge in [0.15, 0.2) is 0 Å². The molecule has 1 aromatic rings. The Kier molecular flexibility index (Phi) is 3.86. The summed E-state index contributed by atoms with van der Waals surface area (Å²) in [6.07, 6.45) is 2.19. The van der Waals surface area contributed by atoms with Crippen molar-refractivity contribution < 1.29 is 0 Å². The van der Waals surface area contributed by atoms with Crippen molar-refractivity contribution in [3.05, 3.63) is 33.4 Å². The maximum absolute atomic E-state index is 5.41. The van der Waals surface area contributed by atoms with Crippen LogP contribution in [0.4, 0.5) is 0 Å². The van der Waals surface area contributed by atoms with E-state index in [4.69, 9.17) is 5.73 Å². The fourth-order valence-electron chi connectivity index (χ4n) is 0.999. The minimum absolute atomic E-state index is 0.783. The third-order valence-corrected chi connectivity index (χ3v) is 2.23. The summed E-state index contributed by atoms with van der Waals surface area (Å²) in [7, 11) is 0. The van der Waals surface area contributed by atoms with Crippen LogP contribution >= 0.6 is 22.6 Å². The van der Waals surface area contributed by atoms with Crippen molar-refractivity contribution >= 4 is 22.6 Å². The van der Waals surface area contributed by atoms with E-state index < -0.39 is 0 Å². The molecule has 0 bridgehead atoms. The van der Waals surface area contributed by atoms with E-state index in [-0.39, 0.29) is 0 Å². The van der Waals surface area contributed by atoms with Crippen LogP contribution in [0.5, 0.6) is 0 Å². The van der Waals surface area contributed by atoms with Gasteiger partial charge in [0.25, 0.3) is 0 Å². The fourth-order valence-corrected chi connectivity index (χ4v) is 1.61. The second-order valence-corrected chi connectivity index (χ2v) is 3.77. The van der Waals surface area contributed by atoms with Gasteiger partial charge in [-0.1, -0.05) is 12.1 Å². The molecule has 0 aliphatic carbocycles. The Morgan fingerprint density at radius 3 is 2.82 bits per heavy atom. The van der Waals surface area contributed by atoms with Crippen molar-refractivity contribution in [1.29, 1.82) is 0 Å². The average Bonchev–Trinajstić information content (AvgIpc) is 2.01. The Morgan fingerprint density at radius 1 is 1.36 bits per heavy atom. The van der Waals surface area contributed by atoms with Crippen LogP contribution in [-0.4, -0.2) is 6.54 Å². The number of rotatable bonds is 3. The Bertz CT molecular complexity index is 223. The Labute approximate surface area is 81.1 Å². The zero-order chi connectivity index (χ0) is 8.10. The third-order valence-electron chi connectivity index (χ3n) is 1.56. The van der Waals surface area contributed by atoms with E-state index in [2.05, 4.69) is 46.9 Å². The lowest BCUT2D eigenvalue weighted by molar-refractivity contribution is 0.832. The Balaban J connectivity index is 2.56. The standard InChI is InChI=1S/C9H12IN/c10-9-5-1-3-8(7-9)4-2-6-11/h1,3,5,7H,2,4,6,11H2. The van der Waals surface area contributed by atoms with E-state index in [9.17, 15) is 0 Å². The molecule has 0 heterocycles. The molecule has 2 heteroatoms. The molecule has 0 radical (unpaired) electrons. The lowest BCUT2D eigenvalue weighted by atomic mass is 10.1. The maximum Gasteiger partial charge on any atom is 0.0133 e. The summed E-state index contributed by atoms with van der Waals surface area (Å²) in [4.78, 5) is 0. The quantitative estimate of drug-likeness (QED) is 0.829. The highest BCUT2D eigenvalue weighted by Crippen LogP contribution is 2.08. The largest absolute Gasteiger partial charge is 0.330 e. The molecule has 0 spiro atoms. The van der Waals surface area contributed by atoms with Gasteiger partial charge in [-0.25, -0.2) is 0 Å². The highest BCUT2D eigenvalue weighted by atomic mass is 127. The predicted octanol–water partition coefficient (Wildman–Crippen LogP) is 2.18. The van der Waals surface area contributed by atoms with Crippen molar-refractivity contribution in [3.63, 3.8) is 0 Å². The first kappa shape index (κ1) is 9.00. The van der Waals surface area contributed by atoms with E-state index in [1.807, 2.05) is 0 Å². The number of hydrogen-bond donors (Lipinski definition) is 1. The van der Waals surface area contributed by atoms with Gasteiger partial charge in [-0.15, -0.1) is 0 Å². The first-order valence-corrected chi connectivity index (χ1v) is 4.85. The number of nitrogens with two attached hydrogens (primary N) is 1. The summed E-state index contributed by atoms with van der Waals surface area (Å²) < 4.78 is 1.30. The minimum Gasteiger partial charge on any atom is -0.330 e. The molecule has 11 heavy (non-hydrogen) atoms. The van der Waals surface area contributed by atoms with Crippen LogP contribution in [-0.2, 0) is 6.42 Å². The van der Waals surface area contributed by atoms with Crippen molar-refractivity contribution in [2.75, 3.05) is 6.54 Å². The fraction of sp³-hybridized carbons (Fsp3) is 0.333. The van der Waals surface area contributed by atoms with Gasteiger partial charge in [0.2, 0.25) is 0 Å². The summed E-state index contributed by atoms with van der Waals surface area (Å²) in [6, 6.07) is 8.55. The van der Waals surface area contributed by atoms with E-state index in [1.165, 1.54) is 9.13 Å². The summed E-state index contributed by atoms with van der Waals surface area (Å²) in [5, 5.41) is 0. The first-order chi connectivity index (χ1) is 5.33. The molecule has 2 N–H and O–H groups in total. The molecule has 0 aliphatic heterocycles.